The zero-order valence-electron chi connectivity index (χ0n) is 16.2. The van der Waals surface area contributed by atoms with Gasteiger partial charge in [0, 0.05) is 6.54 Å². The van der Waals surface area contributed by atoms with E-state index in [1.54, 1.807) is 33.5 Å². The fraction of sp³-hybridized carbons (Fsp3) is 0.227. The maximum absolute atomic E-state index is 12.2. The van der Waals surface area contributed by atoms with Gasteiger partial charge >= 0.3 is 0 Å². The van der Waals surface area contributed by atoms with Crippen molar-refractivity contribution in [3.05, 3.63) is 60.2 Å². The van der Waals surface area contributed by atoms with Gasteiger partial charge in [0.25, 0.3) is 5.91 Å². The third-order valence-corrected chi connectivity index (χ3v) is 4.31. The molecular formula is C22H23NO5. The van der Waals surface area contributed by atoms with Crippen molar-refractivity contribution in [1.29, 1.82) is 0 Å². The van der Waals surface area contributed by atoms with Crippen molar-refractivity contribution >= 4 is 16.7 Å². The predicted octanol–water partition coefficient (Wildman–Crippen LogP) is 3.56. The monoisotopic (exact) mass is 381 g/mol. The SMILES string of the molecule is COc1cc(CNC(=O)COc2ccc3ccccc3c2)cc(OC)c1OC. The van der Waals surface area contributed by atoms with Crippen LogP contribution in [0.25, 0.3) is 10.8 Å². The lowest BCUT2D eigenvalue weighted by Crippen LogP contribution is -2.28. The van der Waals surface area contributed by atoms with E-state index < -0.39 is 0 Å². The van der Waals surface area contributed by atoms with E-state index in [0.717, 1.165) is 16.3 Å². The Balaban J connectivity index is 1.59. The number of rotatable bonds is 8. The van der Waals surface area contributed by atoms with Crippen LogP contribution in [0.2, 0.25) is 0 Å². The topological polar surface area (TPSA) is 66.0 Å². The Bertz CT molecular complexity index is 945. The van der Waals surface area contributed by atoms with Crippen LogP contribution in [-0.4, -0.2) is 33.8 Å². The minimum atomic E-state index is -0.220. The van der Waals surface area contributed by atoms with Gasteiger partial charge in [0.2, 0.25) is 5.75 Å². The molecule has 146 valence electrons. The second-order valence-corrected chi connectivity index (χ2v) is 6.11. The van der Waals surface area contributed by atoms with Gasteiger partial charge in [-0.1, -0.05) is 30.3 Å². The molecule has 6 heteroatoms. The van der Waals surface area contributed by atoms with E-state index in [2.05, 4.69) is 5.32 Å². The van der Waals surface area contributed by atoms with E-state index in [-0.39, 0.29) is 12.5 Å². The Hall–Kier alpha value is -3.41. The van der Waals surface area contributed by atoms with E-state index in [1.165, 1.54) is 0 Å². The minimum absolute atomic E-state index is 0.0667. The summed E-state index contributed by atoms with van der Waals surface area (Å²) in [6, 6.07) is 17.3. The normalized spacial score (nSPS) is 10.4. The first-order chi connectivity index (χ1) is 13.6. The summed E-state index contributed by atoms with van der Waals surface area (Å²) in [5.74, 6) is 2.03. The second kappa shape index (κ2) is 8.99. The summed E-state index contributed by atoms with van der Waals surface area (Å²) in [4.78, 5) is 12.2. The molecule has 0 aliphatic carbocycles. The zero-order valence-corrected chi connectivity index (χ0v) is 16.2. The van der Waals surface area contributed by atoms with Crippen molar-refractivity contribution in [2.24, 2.45) is 0 Å². The molecule has 3 rings (SSSR count). The highest BCUT2D eigenvalue weighted by Gasteiger charge is 2.13. The molecule has 3 aromatic carbocycles. The van der Waals surface area contributed by atoms with Crippen molar-refractivity contribution in [2.45, 2.75) is 6.54 Å². The summed E-state index contributed by atoms with van der Waals surface area (Å²) in [6.45, 7) is 0.249. The Morgan fingerprint density at radius 1 is 0.857 bits per heavy atom. The first-order valence-electron chi connectivity index (χ1n) is 8.81. The van der Waals surface area contributed by atoms with E-state index in [1.807, 2.05) is 42.5 Å². The number of amides is 1. The smallest absolute Gasteiger partial charge is 0.258 e. The molecule has 6 nitrogen and oxygen atoms in total. The van der Waals surface area contributed by atoms with E-state index in [4.69, 9.17) is 18.9 Å². The average molecular weight is 381 g/mol. The minimum Gasteiger partial charge on any atom is -0.493 e. The number of benzene rings is 3. The number of ether oxygens (including phenoxy) is 4. The maximum atomic E-state index is 12.2. The van der Waals surface area contributed by atoms with Gasteiger partial charge in [0.15, 0.2) is 18.1 Å². The van der Waals surface area contributed by atoms with Crippen molar-refractivity contribution in [3.8, 4) is 23.0 Å². The van der Waals surface area contributed by atoms with Crippen molar-refractivity contribution in [3.63, 3.8) is 0 Å². The van der Waals surface area contributed by atoms with Gasteiger partial charge in [-0.25, -0.2) is 0 Å². The Labute approximate surface area is 164 Å². The molecule has 0 aromatic heterocycles. The van der Waals surface area contributed by atoms with Crippen molar-refractivity contribution in [2.75, 3.05) is 27.9 Å². The van der Waals surface area contributed by atoms with Crippen LogP contribution in [0.3, 0.4) is 0 Å². The molecule has 0 aliphatic heterocycles. The van der Waals surface area contributed by atoms with Crippen LogP contribution in [0, 0.1) is 0 Å². The Kier molecular flexibility index (Phi) is 6.22. The summed E-state index contributed by atoms with van der Waals surface area (Å²) in [5.41, 5.74) is 0.827. The van der Waals surface area contributed by atoms with Gasteiger partial charge in [-0.05, 0) is 40.6 Å². The lowest BCUT2D eigenvalue weighted by Gasteiger charge is -2.14. The number of fused-ring (bicyclic) bond motifs is 1. The fourth-order valence-corrected chi connectivity index (χ4v) is 2.90. The van der Waals surface area contributed by atoms with Crippen LogP contribution in [0.4, 0.5) is 0 Å². The highest BCUT2D eigenvalue weighted by Crippen LogP contribution is 2.38. The summed E-state index contributed by atoms with van der Waals surface area (Å²) < 4.78 is 21.6. The number of hydrogen-bond donors (Lipinski definition) is 1. The van der Waals surface area contributed by atoms with Crippen LogP contribution in [-0.2, 0) is 11.3 Å². The molecule has 0 spiro atoms. The third kappa shape index (κ3) is 4.46. The molecule has 0 atom stereocenters. The molecule has 1 N–H and O–H groups in total. The van der Waals surface area contributed by atoms with E-state index >= 15 is 0 Å². The Morgan fingerprint density at radius 2 is 1.54 bits per heavy atom. The maximum Gasteiger partial charge on any atom is 0.258 e. The molecule has 0 aliphatic rings. The highest BCUT2D eigenvalue weighted by atomic mass is 16.5. The van der Waals surface area contributed by atoms with Crippen LogP contribution in [0.5, 0.6) is 23.0 Å². The molecule has 0 saturated carbocycles. The van der Waals surface area contributed by atoms with Gasteiger partial charge in [0.05, 0.1) is 21.3 Å². The summed E-state index contributed by atoms with van der Waals surface area (Å²) in [5, 5.41) is 5.02. The fourth-order valence-electron chi connectivity index (χ4n) is 2.90. The van der Waals surface area contributed by atoms with Gasteiger partial charge in [0.1, 0.15) is 5.75 Å². The molecule has 0 heterocycles. The zero-order chi connectivity index (χ0) is 19.9. The summed E-state index contributed by atoms with van der Waals surface area (Å²) in [7, 11) is 4.65. The number of carbonyl (C=O) groups is 1. The molecule has 0 saturated heterocycles. The average Bonchev–Trinajstić information content (AvgIpc) is 2.75. The first kappa shape index (κ1) is 19.4. The van der Waals surface area contributed by atoms with Gasteiger partial charge in [-0.2, -0.15) is 0 Å². The van der Waals surface area contributed by atoms with Crippen LogP contribution in [0.1, 0.15) is 5.56 Å². The number of methoxy groups -OCH3 is 3. The second-order valence-electron chi connectivity index (χ2n) is 6.11. The molecular weight excluding hydrogens is 358 g/mol. The quantitative estimate of drug-likeness (QED) is 0.646. The largest absolute Gasteiger partial charge is 0.493 e. The Morgan fingerprint density at radius 3 is 2.18 bits per heavy atom. The van der Waals surface area contributed by atoms with Crippen LogP contribution >= 0.6 is 0 Å². The molecule has 1 amide bonds. The highest BCUT2D eigenvalue weighted by molar-refractivity contribution is 5.84. The van der Waals surface area contributed by atoms with Gasteiger partial charge in [-0.15, -0.1) is 0 Å². The summed E-state index contributed by atoms with van der Waals surface area (Å²) >= 11 is 0. The van der Waals surface area contributed by atoms with Crippen LogP contribution < -0.4 is 24.3 Å². The lowest BCUT2D eigenvalue weighted by molar-refractivity contribution is -0.123. The first-order valence-corrected chi connectivity index (χ1v) is 8.81. The van der Waals surface area contributed by atoms with Crippen molar-refractivity contribution in [1.82, 2.24) is 5.32 Å². The molecule has 28 heavy (non-hydrogen) atoms. The van der Waals surface area contributed by atoms with E-state index in [9.17, 15) is 4.79 Å². The van der Waals surface area contributed by atoms with Gasteiger partial charge in [-0.3, -0.25) is 4.79 Å². The van der Waals surface area contributed by atoms with E-state index in [0.29, 0.717) is 29.5 Å². The third-order valence-electron chi connectivity index (χ3n) is 4.31. The molecule has 0 radical (unpaired) electrons. The summed E-state index contributed by atoms with van der Waals surface area (Å²) in [6.07, 6.45) is 0. The van der Waals surface area contributed by atoms with Crippen molar-refractivity contribution < 1.29 is 23.7 Å². The molecule has 0 bridgehead atoms. The molecule has 0 unspecified atom stereocenters. The van der Waals surface area contributed by atoms with Gasteiger partial charge < -0.3 is 24.3 Å². The van der Waals surface area contributed by atoms with Crippen LogP contribution in [0.15, 0.2) is 54.6 Å². The molecule has 0 fully saturated rings. The molecule has 3 aromatic rings. The predicted molar refractivity (Wildman–Crippen MR) is 107 cm³/mol. The number of nitrogens with one attached hydrogen (secondary N) is 1. The number of hydrogen-bond acceptors (Lipinski definition) is 5. The number of carbonyl (C=O) groups excluding carboxylic acids is 1. The lowest BCUT2D eigenvalue weighted by atomic mass is 10.1. The standard InChI is InChI=1S/C22H23NO5/c1-25-19-10-15(11-20(26-2)22(19)27-3)13-23-21(24)14-28-18-9-8-16-6-4-5-7-17(16)12-18/h4-12H,13-14H2,1-3H3,(H,23,24).